The number of hydrogen-bond acceptors (Lipinski definition) is 3. The molecule has 0 spiro atoms. The monoisotopic (exact) mass is 534 g/mol. The summed E-state index contributed by atoms with van der Waals surface area (Å²) in [7, 11) is 0. The van der Waals surface area contributed by atoms with Crippen molar-refractivity contribution in [1.82, 2.24) is 0 Å². The Morgan fingerprint density at radius 1 is 0.487 bits per heavy atom. The van der Waals surface area contributed by atoms with E-state index in [1.54, 1.807) is 0 Å². The highest BCUT2D eigenvalue weighted by atomic mass is 16.1. The molecule has 3 nitrogen and oxygen atoms in total. The molecule has 3 fully saturated rings. The molecular weight excluding hydrogens is 480 g/mol. The maximum atomic E-state index is 14.4. The summed E-state index contributed by atoms with van der Waals surface area (Å²) in [6, 6.07) is 5.50. The largest absolute Gasteiger partial charge is 0.294 e. The summed E-state index contributed by atoms with van der Waals surface area (Å²) in [5.74, 6) is 1.52. The number of rotatable bonds is 6. The van der Waals surface area contributed by atoms with Gasteiger partial charge in [0.05, 0.1) is 0 Å². The highest BCUT2D eigenvalue weighted by molar-refractivity contribution is 6.10. The summed E-state index contributed by atoms with van der Waals surface area (Å²) in [5.41, 5.74) is -0.510. The Morgan fingerprint density at radius 3 is 0.846 bits per heavy atom. The van der Waals surface area contributed by atoms with Gasteiger partial charge in [-0.1, -0.05) is 83.1 Å². The predicted molar refractivity (Wildman–Crippen MR) is 160 cm³/mol. The van der Waals surface area contributed by atoms with Gasteiger partial charge in [-0.3, -0.25) is 14.4 Å². The van der Waals surface area contributed by atoms with E-state index < -0.39 is 16.2 Å². The Hall–Kier alpha value is -1.77. The van der Waals surface area contributed by atoms with Gasteiger partial charge in [0.25, 0.3) is 0 Å². The fourth-order valence-corrected chi connectivity index (χ4v) is 8.39. The molecule has 0 N–H and O–H groups in total. The van der Waals surface area contributed by atoms with Gasteiger partial charge in [-0.15, -0.1) is 0 Å². The summed E-state index contributed by atoms with van der Waals surface area (Å²) in [6.45, 7) is 26.2. The average molecular weight is 535 g/mol. The van der Waals surface area contributed by atoms with Gasteiger partial charge >= 0.3 is 0 Å². The van der Waals surface area contributed by atoms with Crippen molar-refractivity contribution in [2.24, 2.45) is 50.2 Å². The van der Waals surface area contributed by atoms with E-state index >= 15 is 0 Å². The van der Waals surface area contributed by atoms with Crippen LogP contribution in [0.5, 0.6) is 0 Å². The fraction of sp³-hybridized carbons (Fsp3) is 0.750. The third-order valence-corrected chi connectivity index (χ3v) is 14.4. The highest BCUT2D eigenvalue weighted by Crippen LogP contribution is 2.60. The van der Waals surface area contributed by atoms with Crippen LogP contribution < -0.4 is 0 Å². The Morgan fingerprint density at radius 2 is 0.692 bits per heavy atom. The number of ketones is 3. The number of benzene rings is 1. The average Bonchev–Trinajstić information content (AvgIpc) is 3.33. The SMILES string of the molecule is C[C@H]1CC[C@](C)(C(=O)c2cc(C(=O)[C@@]3(C)CC[C@H](C)C3(C)C)cc(C(=O)[C@@]3(C)CC[C@H](C)C3(C)C)c2)C1(C)C. The highest BCUT2D eigenvalue weighted by Gasteiger charge is 2.57. The minimum Gasteiger partial charge on any atom is -0.294 e. The summed E-state index contributed by atoms with van der Waals surface area (Å²) >= 11 is 0. The minimum atomic E-state index is -0.537. The molecule has 1 aromatic rings. The summed E-state index contributed by atoms with van der Waals surface area (Å²) < 4.78 is 0. The third-order valence-electron chi connectivity index (χ3n) is 14.4. The Bertz CT molecular complexity index is 1040. The number of carbonyl (C=O) groups excluding carboxylic acids is 3. The molecule has 3 aliphatic rings. The van der Waals surface area contributed by atoms with Crippen molar-refractivity contribution in [2.75, 3.05) is 0 Å². The van der Waals surface area contributed by atoms with Crippen molar-refractivity contribution in [3.05, 3.63) is 34.9 Å². The number of carbonyl (C=O) groups is 3. The van der Waals surface area contributed by atoms with E-state index in [4.69, 9.17) is 0 Å². The van der Waals surface area contributed by atoms with Gasteiger partial charge in [-0.25, -0.2) is 0 Å². The second-order valence-corrected chi connectivity index (χ2v) is 16.3. The molecule has 0 bridgehead atoms. The molecule has 6 atom stereocenters. The normalized spacial score (nSPS) is 38.6. The lowest BCUT2D eigenvalue weighted by molar-refractivity contribution is 0.0539. The first-order chi connectivity index (χ1) is 17.7. The quantitative estimate of drug-likeness (QED) is 0.341. The van der Waals surface area contributed by atoms with Crippen LogP contribution in [0.4, 0.5) is 0 Å². The van der Waals surface area contributed by atoms with E-state index in [0.717, 1.165) is 38.5 Å². The van der Waals surface area contributed by atoms with E-state index in [9.17, 15) is 14.4 Å². The van der Waals surface area contributed by atoms with Crippen LogP contribution >= 0.6 is 0 Å². The topological polar surface area (TPSA) is 51.2 Å². The molecule has 0 radical (unpaired) electrons. The Labute approximate surface area is 238 Å². The molecule has 0 aromatic heterocycles. The van der Waals surface area contributed by atoms with Crippen LogP contribution in [-0.4, -0.2) is 17.3 Å². The van der Waals surface area contributed by atoms with Crippen molar-refractivity contribution in [2.45, 2.75) is 122 Å². The van der Waals surface area contributed by atoms with Crippen molar-refractivity contribution in [3.63, 3.8) is 0 Å². The molecule has 3 aliphatic carbocycles. The molecule has 39 heavy (non-hydrogen) atoms. The number of Topliss-reactive ketones (excluding diaryl/α,β-unsaturated/α-hetero) is 3. The van der Waals surface area contributed by atoms with Gasteiger partial charge in [0.1, 0.15) is 0 Å². The van der Waals surface area contributed by atoms with Crippen LogP contribution in [0.25, 0.3) is 0 Å². The summed E-state index contributed by atoms with van der Waals surface area (Å²) in [4.78, 5) is 43.3. The standard InChI is InChI=1S/C36H54O3/c1-22-13-16-34(10,31(22,4)5)28(37)25-19-26(29(38)35(11)17-14-23(2)32(35,6)7)21-27(20-25)30(39)36(12)18-15-24(3)33(36,8)9/h19-24H,13-18H2,1-12H3/t22-,23-,24-,34+,35+,36+/m0/s1. The molecule has 216 valence electrons. The molecule has 0 heterocycles. The van der Waals surface area contributed by atoms with Crippen LogP contribution in [0.3, 0.4) is 0 Å². The molecule has 0 amide bonds. The van der Waals surface area contributed by atoms with Crippen molar-refractivity contribution in [3.8, 4) is 0 Å². The number of hydrogen-bond donors (Lipinski definition) is 0. The second-order valence-electron chi connectivity index (χ2n) is 16.3. The van der Waals surface area contributed by atoms with Crippen LogP contribution in [0.15, 0.2) is 18.2 Å². The zero-order valence-electron chi connectivity index (χ0n) is 26.9. The van der Waals surface area contributed by atoms with E-state index in [-0.39, 0.29) is 33.6 Å². The van der Waals surface area contributed by atoms with Crippen LogP contribution in [-0.2, 0) is 0 Å². The fourth-order valence-electron chi connectivity index (χ4n) is 8.39. The first-order valence-electron chi connectivity index (χ1n) is 15.5. The van der Waals surface area contributed by atoms with Crippen molar-refractivity contribution < 1.29 is 14.4 Å². The third kappa shape index (κ3) is 3.98. The van der Waals surface area contributed by atoms with Gasteiger partial charge < -0.3 is 0 Å². The smallest absolute Gasteiger partial charge is 0.169 e. The maximum Gasteiger partial charge on any atom is 0.169 e. The first-order valence-corrected chi connectivity index (χ1v) is 15.5. The molecule has 3 saturated carbocycles. The van der Waals surface area contributed by atoms with E-state index in [0.29, 0.717) is 34.4 Å². The van der Waals surface area contributed by atoms with Gasteiger partial charge in [0.2, 0.25) is 0 Å². The zero-order valence-corrected chi connectivity index (χ0v) is 26.9. The lowest BCUT2D eigenvalue weighted by Crippen LogP contribution is -2.42. The van der Waals surface area contributed by atoms with Gasteiger partial charge in [0.15, 0.2) is 17.3 Å². The van der Waals surface area contributed by atoms with Crippen molar-refractivity contribution in [1.29, 1.82) is 0 Å². The molecular formula is C36H54O3. The minimum absolute atomic E-state index is 0.0777. The molecule has 4 rings (SSSR count). The maximum absolute atomic E-state index is 14.4. The van der Waals surface area contributed by atoms with Gasteiger partial charge in [0, 0.05) is 32.9 Å². The summed E-state index contributed by atoms with van der Waals surface area (Å²) in [6.07, 6.45) is 5.50. The molecule has 0 saturated heterocycles. The lowest BCUT2D eigenvalue weighted by atomic mass is 9.61. The van der Waals surface area contributed by atoms with Crippen LogP contribution in [0, 0.1) is 50.2 Å². The summed E-state index contributed by atoms with van der Waals surface area (Å²) in [5, 5.41) is 0. The zero-order chi connectivity index (χ0) is 29.6. The first kappa shape index (κ1) is 30.2. The molecule has 3 heteroatoms. The Balaban J connectivity index is 1.88. The van der Waals surface area contributed by atoms with E-state index in [2.05, 4.69) is 83.1 Å². The second kappa shape index (κ2) is 9.12. The van der Waals surface area contributed by atoms with E-state index in [1.165, 1.54) is 0 Å². The van der Waals surface area contributed by atoms with Crippen LogP contribution in [0.1, 0.15) is 153 Å². The van der Waals surface area contributed by atoms with Crippen molar-refractivity contribution >= 4 is 17.3 Å². The van der Waals surface area contributed by atoms with Gasteiger partial charge in [-0.2, -0.15) is 0 Å². The molecule has 0 unspecified atom stereocenters. The molecule has 0 aliphatic heterocycles. The van der Waals surface area contributed by atoms with E-state index in [1.807, 2.05) is 18.2 Å². The lowest BCUT2D eigenvalue weighted by Gasteiger charge is -2.41. The Kier molecular flexibility index (Phi) is 7.06. The van der Waals surface area contributed by atoms with Crippen LogP contribution in [0.2, 0.25) is 0 Å². The van der Waals surface area contributed by atoms with Gasteiger partial charge in [-0.05, 0) is 90.7 Å². The predicted octanol–water partition coefficient (Wildman–Crippen LogP) is 9.62. The molecule has 1 aromatic carbocycles.